The molecule has 0 aliphatic carbocycles. The van der Waals surface area contributed by atoms with Crippen LogP contribution in [-0.4, -0.2) is 8.42 Å². The van der Waals surface area contributed by atoms with Crippen molar-refractivity contribution in [1.82, 2.24) is 0 Å². The van der Waals surface area contributed by atoms with Crippen molar-refractivity contribution in [2.45, 2.75) is 11.4 Å². The highest BCUT2D eigenvalue weighted by molar-refractivity contribution is 7.89. The molecule has 2 aromatic carbocycles. The van der Waals surface area contributed by atoms with Crippen LogP contribution in [0.3, 0.4) is 0 Å². The number of nitrogens with one attached hydrogen (secondary N) is 1. The van der Waals surface area contributed by atoms with E-state index in [1.165, 1.54) is 12.1 Å². The molecular formula is C13H14FN3O2S. The predicted octanol–water partition coefficient (Wildman–Crippen LogP) is 1.67. The summed E-state index contributed by atoms with van der Waals surface area (Å²) in [5, 5.41) is 7.79. The third-order valence-corrected chi connectivity index (χ3v) is 3.70. The van der Waals surface area contributed by atoms with Gasteiger partial charge in [-0.3, -0.25) is 0 Å². The quantitative estimate of drug-likeness (QED) is 0.747. The van der Waals surface area contributed by atoms with Crippen LogP contribution in [0.15, 0.2) is 47.4 Å². The Morgan fingerprint density at radius 2 is 1.85 bits per heavy atom. The number of sulfonamides is 1. The first-order valence-electron chi connectivity index (χ1n) is 5.77. The number of halogens is 1. The molecule has 0 aromatic heterocycles. The number of nitrogen functional groups attached to an aromatic ring is 1. The van der Waals surface area contributed by atoms with Crippen LogP contribution in [0.2, 0.25) is 0 Å². The molecular weight excluding hydrogens is 281 g/mol. The van der Waals surface area contributed by atoms with Crippen LogP contribution < -0.4 is 16.2 Å². The molecule has 7 heteroatoms. The minimum absolute atomic E-state index is 0.181. The van der Waals surface area contributed by atoms with Crippen molar-refractivity contribution in [3.63, 3.8) is 0 Å². The molecule has 5 N–H and O–H groups in total. The number of primary sulfonamides is 1. The summed E-state index contributed by atoms with van der Waals surface area (Å²) in [5.41, 5.74) is 7.38. The van der Waals surface area contributed by atoms with Crippen molar-refractivity contribution in [3.8, 4) is 0 Å². The van der Waals surface area contributed by atoms with Gasteiger partial charge in [-0.25, -0.2) is 17.9 Å². The van der Waals surface area contributed by atoms with Crippen molar-refractivity contribution >= 4 is 21.4 Å². The van der Waals surface area contributed by atoms with Gasteiger partial charge in [-0.15, -0.1) is 0 Å². The Balaban J connectivity index is 2.17. The van der Waals surface area contributed by atoms with Gasteiger partial charge in [0.05, 0.1) is 10.6 Å². The average molecular weight is 295 g/mol. The SMILES string of the molecule is Nc1ccccc1CNc1ccc(S(N)(=O)=O)cc1F. The van der Waals surface area contributed by atoms with Crippen LogP contribution in [0.4, 0.5) is 15.8 Å². The van der Waals surface area contributed by atoms with Crippen LogP contribution in [0.1, 0.15) is 5.56 Å². The van der Waals surface area contributed by atoms with Crippen molar-refractivity contribution in [2.24, 2.45) is 5.14 Å². The minimum Gasteiger partial charge on any atom is -0.398 e. The fraction of sp³-hybridized carbons (Fsp3) is 0.0769. The largest absolute Gasteiger partial charge is 0.398 e. The summed E-state index contributed by atoms with van der Waals surface area (Å²) < 4.78 is 36.0. The number of nitrogens with two attached hydrogens (primary N) is 2. The molecule has 0 spiro atoms. The van der Waals surface area contributed by atoms with Crippen LogP contribution in [0.5, 0.6) is 0 Å². The molecule has 0 saturated heterocycles. The molecule has 0 unspecified atom stereocenters. The van der Waals surface area contributed by atoms with Gasteiger partial charge in [0.25, 0.3) is 0 Å². The van der Waals surface area contributed by atoms with Gasteiger partial charge in [0.2, 0.25) is 10.0 Å². The summed E-state index contributed by atoms with van der Waals surface area (Å²) in [6.07, 6.45) is 0. The van der Waals surface area contributed by atoms with Crippen LogP contribution in [0, 0.1) is 5.82 Å². The van der Waals surface area contributed by atoms with E-state index in [0.29, 0.717) is 12.2 Å². The van der Waals surface area contributed by atoms with Crippen LogP contribution >= 0.6 is 0 Å². The van der Waals surface area contributed by atoms with Gasteiger partial charge in [0.1, 0.15) is 5.82 Å². The zero-order chi connectivity index (χ0) is 14.8. The zero-order valence-electron chi connectivity index (χ0n) is 10.5. The smallest absolute Gasteiger partial charge is 0.238 e. The molecule has 0 radical (unpaired) electrons. The van der Waals surface area contributed by atoms with E-state index in [1.807, 2.05) is 12.1 Å². The first-order valence-corrected chi connectivity index (χ1v) is 7.32. The van der Waals surface area contributed by atoms with Gasteiger partial charge in [0.15, 0.2) is 0 Å². The van der Waals surface area contributed by atoms with E-state index in [2.05, 4.69) is 5.32 Å². The highest BCUT2D eigenvalue weighted by Crippen LogP contribution is 2.20. The normalized spacial score (nSPS) is 11.3. The molecule has 2 rings (SSSR count). The minimum atomic E-state index is -3.90. The van der Waals surface area contributed by atoms with Gasteiger partial charge in [0, 0.05) is 12.2 Å². The van der Waals surface area contributed by atoms with Gasteiger partial charge in [-0.2, -0.15) is 0 Å². The van der Waals surface area contributed by atoms with E-state index in [1.54, 1.807) is 12.1 Å². The molecule has 20 heavy (non-hydrogen) atoms. The Morgan fingerprint density at radius 1 is 1.15 bits per heavy atom. The molecule has 0 aliphatic rings. The highest BCUT2D eigenvalue weighted by atomic mass is 32.2. The number of anilines is 2. The van der Waals surface area contributed by atoms with Crippen molar-refractivity contribution in [3.05, 3.63) is 53.8 Å². The summed E-state index contributed by atoms with van der Waals surface area (Å²) in [6, 6.07) is 10.7. The molecule has 0 fully saturated rings. The van der Waals surface area contributed by atoms with Crippen molar-refractivity contribution < 1.29 is 12.8 Å². The van der Waals surface area contributed by atoms with Gasteiger partial charge < -0.3 is 11.1 Å². The summed E-state index contributed by atoms with van der Waals surface area (Å²) in [5.74, 6) is -0.689. The first-order chi connectivity index (χ1) is 9.38. The van der Waals surface area contributed by atoms with Gasteiger partial charge >= 0.3 is 0 Å². The molecule has 2 aromatic rings. The third kappa shape index (κ3) is 3.25. The summed E-state index contributed by atoms with van der Waals surface area (Å²) in [4.78, 5) is -0.264. The molecule has 0 bridgehead atoms. The Bertz CT molecular complexity index is 732. The van der Waals surface area contributed by atoms with E-state index < -0.39 is 15.8 Å². The maximum absolute atomic E-state index is 13.8. The van der Waals surface area contributed by atoms with E-state index in [9.17, 15) is 12.8 Å². The van der Waals surface area contributed by atoms with E-state index in [-0.39, 0.29) is 10.6 Å². The second-order valence-electron chi connectivity index (χ2n) is 4.24. The lowest BCUT2D eigenvalue weighted by atomic mass is 10.2. The molecule has 0 atom stereocenters. The number of benzene rings is 2. The summed E-state index contributed by atoms with van der Waals surface area (Å²) in [6.45, 7) is 0.332. The lowest BCUT2D eigenvalue weighted by Crippen LogP contribution is -2.13. The van der Waals surface area contributed by atoms with Crippen LogP contribution in [0.25, 0.3) is 0 Å². The lowest BCUT2D eigenvalue weighted by molar-refractivity contribution is 0.593. The Hall–Kier alpha value is -2.12. The second kappa shape index (κ2) is 5.48. The van der Waals surface area contributed by atoms with E-state index in [0.717, 1.165) is 11.6 Å². The number of para-hydroxylation sites is 1. The lowest BCUT2D eigenvalue weighted by Gasteiger charge is -2.10. The topological polar surface area (TPSA) is 98.2 Å². The second-order valence-corrected chi connectivity index (χ2v) is 5.80. The van der Waals surface area contributed by atoms with E-state index >= 15 is 0 Å². The molecule has 0 heterocycles. The molecule has 0 saturated carbocycles. The van der Waals surface area contributed by atoms with Crippen LogP contribution in [-0.2, 0) is 16.6 Å². The fourth-order valence-corrected chi connectivity index (χ4v) is 2.23. The highest BCUT2D eigenvalue weighted by Gasteiger charge is 2.11. The summed E-state index contributed by atoms with van der Waals surface area (Å²) in [7, 11) is -3.90. The first kappa shape index (κ1) is 14.3. The Kier molecular flexibility index (Phi) is 3.91. The molecule has 106 valence electrons. The zero-order valence-corrected chi connectivity index (χ0v) is 11.3. The maximum atomic E-state index is 13.8. The molecule has 5 nitrogen and oxygen atoms in total. The van der Waals surface area contributed by atoms with Crippen molar-refractivity contribution in [2.75, 3.05) is 11.1 Å². The molecule has 0 amide bonds. The van der Waals surface area contributed by atoms with Gasteiger partial charge in [-0.05, 0) is 29.8 Å². The Morgan fingerprint density at radius 3 is 2.45 bits per heavy atom. The van der Waals surface area contributed by atoms with E-state index in [4.69, 9.17) is 10.9 Å². The number of rotatable bonds is 4. The fourth-order valence-electron chi connectivity index (χ4n) is 1.70. The summed E-state index contributed by atoms with van der Waals surface area (Å²) >= 11 is 0. The molecule has 0 aliphatic heterocycles. The van der Waals surface area contributed by atoms with Crippen molar-refractivity contribution in [1.29, 1.82) is 0 Å². The number of hydrogen-bond acceptors (Lipinski definition) is 4. The maximum Gasteiger partial charge on any atom is 0.238 e. The predicted molar refractivity (Wildman–Crippen MR) is 76.0 cm³/mol. The monoisotopic (exact) mass is 295 g/mol. The third-order valence-electron chi connectivity index (χ3n) is 2.79. The Labute approximate surface area is 116 Å². The number of hydrogen-bond donors (Lipinski definition) is 3. The van der Waals surface area contributed by atoms with Gasteiger partial charge in [-0.1, -0.05) is 18.2 Å². The standard InChI is InChI=1S/C13H14FN3O2S/c14-11-7-10(20(16,18)19)5-6-13(11)17-8-9-3-1-2-4-12(9)15/h1-7,17H,8,15H2,(H2,16,18,19). The average Bonchev–Trinajstić information content (AvgIpc) is 2.38.